The van der Waals surface area contributed by atoms with E-state index in [2.05, 4.69) is 10.9 Å². The maximum atomic E-state index is 10.8. The number of hydrogen-bond donors (Lipinski definition) is 1. The molecular weight excluding hydrogens is 222 g/mol. The van der Waals surface area contributed by atoms with E-state index in [0.717, 1.165) is 0 Å². The molecule has 0 amide bonds. The third-order valence-electron chi connectivity index (χ3n) is 2.13. The van der Waals surface area contributed by atoms with Crippen molar-refractivity contribution in [3.63, 3.8) is 0 Å². The van der Waals surface area contributed by atoms with Gasteiger partial charge in [-0.25, -0.2) is 4.79 Å². The standard InChI is InChI=1S/C12H9NO4/c1-3-7(2)16-12-13-9-5-4-8(11(14)15)6-10(9)17-12/h1,4-7H,2H3,(H,14,15). The largest absolute Gasteiger partial charge is 0.478 e. The summed E-state index contributed by atoms with van der Waals surface area (Å²) in [6.07, 6.45) is 4.73. The number of rotatable bonds is 3. The van der Waals surface area contributed by atoms with Gasteiger partial charge < -0.3 is 14.3 Å². The van der Waals surface area contributed by atoms with Crippen LogP contribution in [0.4, 0.5) is 0 Å². The number of aromatic nitrogens is 1. The van der Waals surface area contributed by atoms with E-state index in [1.165, 1.54) is 12.1 Å². The molecule has 17 heavy (non-hydrogen) atoms. The minimum absolute atomic E-state index is 0.0352. The first kappa shape index (κ1) is 11.0. The van der Waals surface area contributed by atoms with Gasteiger partial charge in [-0.15, -0.1) is 6.42 Å². The van der Waals surface area contributed by atoms with E-state index in [9.17, 15) is 4.79 Å². The number of ether oxygens (including phenoxy) is 1. The lowest BCUT2D eigenvalue weighted by atomic mass is 10.2. The Hall–Kier alpha value is -2.48. The van der Waals surface area contributed by atoms with Crippen molar-refractivity contribution in [2.45, 2.75) is 13.0 Å². The fraction of sp³-hybridized carbons (Fsp3) is 0.167. The number of aromatic carboxylic acids is 1. The fourth-order valence-electron chi connectivity index (χ4n) is 1.27. The van der Waals surface area contributed by atoms with Crippen molar-refractivity contribution in [2.24, 2.45) is 0 Å². The van der Waals surface area contributed by atoms with E-state index >= 15 is 0 Å². The van der Waals surface area contributed by atoms with Gasteiger partial charge in [-0.3, -0.25) is 0 Å². The number of fused-ring (bicyclic) bond motifs is 1. The van der Waals surface area contributed by atoms with Gasteiger partial charge in [-0.05, 0) is 25.1 Å². The lowest BCUT2D eigenvalue weighted by molar-refractivity contribution is 0.0697. The molecule has 0 fully saturated rings. The smallest absolute Gasteiger partial charge is 0.395 e. The molecule has 5 heteroatoms. The first-order chi connectivity index (χ1) is 8.10. The van der Waals surface area contributed by atoms with Crippen molar-refractivity contribution < 1.29 is 19.1 Å². The highest BCUT2D eigenvalue weighted by atomic mass is 16.6. The van der Waals surface area contributed by atoms with Crippen LogP contribution >= 0.6 is 0 Å². The minimum Gasteiger partial charge on any atom is -0.478 e. The molecule has 0 aliphatic rings. The quantitative estimate of drug-likeness (QED) is 0.817. The summed E-state index contributed by atoms with van der Waals surface area (Å²) in [7, 11) is 0. The van der Waals surface area contributed by atoms with E-state index in [-0.39, 0.29) is 11.6 Å². The van der Waals surface area contributed by atoms with Crippen LogP contribution in [-0.4, -0.2) is 22.2 Å². The van der Waals surface area contributed by atoms with Crippen LogP contribution in [0.5, 0.6) is 6.08 Å². The van der Waals surface area contributed by atoms with Crippen molar-refractivity contribution in [3.05, 3.63) is 23.8 Å². The Balaban J connectivity index is 2.37. The number of benzene rings is 1. The Morgan fingerprint density at radius 1 is 1.65 bits per heavy atom. The van der Waals surface area contributed by atoms with Gasteiger partial charge in [0.15, 0.2) is 11.7 Å². The number of oxazole rings is 1. The zero-order chi connectivity index (χ0) is 12.4. The topological polar surface area (TPSA) is 72.6 Å². The molecule has 1 N–H and O–H groups in total. The second kappa shape index (κ2) is 4.18. The molecule has 1 atom stereocenters. The molecule has 0 aliphatic carbocycles. The zero-order valence-corrected chi connectivity index (χ0v) is 9.01. The van der Waals surface area contributed by atoms with Crippen LogP contribution in [-0.2, 0) is 0 Å². The summed E-state index contributed by atoms with van der Waals surface area (Å²) in [4.78, 5) is 14.8. The minimum atomic E-state index is -1.03. The summed E-state index contributed by atoms with van der Waals surface area (Å²) in [6.45, 7) is 1.68. The molecule has 0 radical (unpaired) electrons. The Morgan fingerprint density at radius 3 is 3.06 bits per heavy atom. The van der Waals surface area contributed by atoms with Crippen LogP contribution in [0.25, 0.3) is 11.1 Å². The zero-order valence-electron chi connectivity index (χ0n) is 9.01. The lowest BCUT2D eigenvalue weighted by Crippen LogP contribution is -2.07. The molecule has 0 saturated heterocycles. The van der Waals surface area contributed by atoms with Crippen molar-refractivity contribution in [3.8, 4) is 18.4 Å². The molecule has 1 heterocycles. The van der Waals surface area contributed by atoms with E-state index in [1.807, 2.05) is 0 Å². The predicted octanol–water partition coefficient (Wildman–Crippen LogP) is 1.93. The average Bonchev–Trinajstić information content (AvgIpc) is 2.69. The monoisotopic (exact) mass is 231 g/mol. The van der Waals surface area contributed by atoms with Gasteiger partial charge in [0.05, 0.1) is 5.56 Å². The van der Waals surface area contributed by atoms with Gasteiger partial charge in [0.1, 0.15) is 5.52 Å². The van der Waals surface area contributed by atoms with Crippen LogP contribution in [0, 0.1) is 12.3 Å². The molecule has 1 unspecified atom stereocenters. The number of carbonyl (C=O) groups is 1. The van der Waals surface area contributed by atoms with Crippen LogP contribution in [0.15, 0.2) is 22.6 Å². The van der Waals surface area contributed by atoms with Crippen molar-refractivity contribution >= 4 is 17.1 Å². The Bertz CT molecular complexity index is 608. The number of terminal acetylenes is 1. The summed E-state index contributed by atoms with van der Waals surface area (Å²) in [6, 6.07) is 4.38. The highest BCUT2D eigenvalue weighted by molar-refractivity contribution is 5.91. The maximum Gasteiger partial charge on any atom is 0.395 e. The predicted molar refractivity (Wildman–Crippen MR) is 59.9 cm³/mol. The first-order valence-electron chi connectivity index (χ1n) is 4.87. The number of carboxylic acids is 1. The summed E-state index contributed by atoms with van der Waals surface area (Å²) >= 11 is 0. The van der Waals surface area contributed by atoms with Crippen LogP contribution in [0.2, 0.25) is 0 Å². The summed E-state index contributed by atoms with van der Waals surface area (Å²) < 4.78 is 10.4. The Kier molecular flexibility index (Phi) is 2.71. The van der Waals surface area contributed by atoms with Crippen molar-refractivity contribution in [1.82, 2.24) is 4.98 Å². The second-order valence-electron chi connectivity index (χ2n) is 3.39. The highest BCUT2D eigenvalue weighted by Crippen LogP contribution is 2.22. The average molecular weight is 231 g/mol. The van der Waals surface area contributed by atoms with Gasteiger partial charge >= 0.3 is 12.0 Å². The van der Waals surface area contributed by atoms with Gasteiger partial charge in [0, 0.05) is 0 Å². The third kappa shape index (κ3) is 2.21. The molecular formula is C12H9NO4. The van der Waals surface area contributed by atoms with Gasteiger partial charge in [0.25, 0.3) is 0 Å². The molecule has 5 nitrogen and oxygen atoms in total. The van der Waals surface area contributed by atoms with Crippen LogP contribution in [0.1, 0.15) is 17.3 Å². The molecule has 1 aromatic heterocycles. The summed E-state index contributed by atoms with van der Waals surface area (Å²) in [5.74, 6) is 1.35. The summed E-state index contributed by atoms with van der Waals surface area (Å²) in [5.41, 5.74) is 1.00. The van der Waals surface area contributed by atoms with Crippen molar-refractivity contribution in [2.75, 3.05) is 0 Å². The Labute approximate surface area is 97.0 Å². The van der Waals surface area contributed by atoms with Gasteiger partial charge in [-0.1, -0.05) is 5.92 Å². The lowest BCUT2D eigenvalue weighted by Gasteiger charge is -2.01. The third-order valence-corrected chi connectivity index (χ3v) is 2.13. The molecule has 0 spiro atoms. The van der Waals surface area contributed by atoms with E-state index in [1.54, 1.807) is 13.0 Å². The molecule has 86 valence electrons. The SMILES string of the molecule is C#CC(C)Oc1nc2ccc(C(=O)O)cc2o1. The number of carboxylic acid groups (broad SMARTS) is 1. The highest BCUT2D eigenvalue weighted by Gasteiger charge is 2.11. The number of hydrogen-bond acceptors (Lipinski definition) is 4. The van der Waals surface area contributed by atoms with Gasteiger partial charge in [0.2, 0.25) is 0 Å². The maximum absolute atomic E-state index is 10.8. The van der Waals surface area contributed by atoms with Crippen LogP contribution < -0.4 is 4.74 Å². The Morgan fingerprint density at radius 2 is 2.41 bits per heavy atom. The summed E-state index contributed by atoms with van der Waals surface area (Å²) in [5, 5.41) is 8.81. The number of nitrogens with zero attached hydrogens (tertiary/aromatic N) is 1. The van der Waals surface area contributed by atoms with E-state index < -0.39 is 12.1 Å². The molecule has 2 aromatic rings. The molecule has 2 rings (SSSR count). The second-order valence-corrected chi connectivity index (χ2v) is 3.39. The van der Waals surface area contributed by atoms with Crippen molar-refractivity contribution in [1.29, 1.82) is 0 Å². The molecule has 0 aliphatic heterocycles. The molecule has 0 saturated carbocycles. The molecule has 1 aromatic carbocycles. The molecule has 0 bridgehead atoms. The van der Waals surface area contributed by atoms with Gasteiger partial charge in [-0.2, -0.15) is 4.98 Å². The first-order valence-corrected chi connectivity index (χ1v) is 4.87. The normalized spacial score (nSPS) is 12.0. The van der Waals surface area contributed by atoms with E-state index in [0.29, 0.717) is 11.1 Å². The van der Waals surface area contributed by atoms with E-state index in [4.69, 9.17) is 20.7 Å². The van der Waals surface area contributed by atoms with Crippen LogP contribution in [0.3, 0.4) is 0 Å². The fourth-order valence-corrected chi connectivity index (χ4v) is 1.27.